The number of nitrogens with one attached hydrogen (secondary N) is 1. The van der Waals surface area contributed by atoms with Gasteiger partial charge in [-0.25, -0.2) is 14.8 Å². The molecule has 122 valence electrons. The summed E-state index contributed by atoms with van der Waals surface area (Å²) in [6, 6.07) is 1.70. The highest BCUT2D eigenvalue weighted by Gasteiger charge is 2.30. The summed E-state index contributed by atoms with van der Waals surface area (Å²) in [5, 5.41) is 3.54. The van der Waals surface area contributed by atoms with Crippen molar-refractivity contribution in [2.45, 2.75) is 51.7 Å². The van der Waals surface area contributed by atoms with Crippen LogP contribution in [0.3, 0.4) is 0 Å². The van der Waals surface area contributed by atoms with Crippen LogP contribution >= 0.6 is 11.6 Å². The smallest absolute Gasteiger partial charge is 0.410 e. The van der Waals surface area contributed by atoms with Gasteiger partial charge in [0.05, 0.1) is 6.04 Å². The van der Waals surface area contributed by atoms with Crippen molar-refractivity contribution >= 4 is 23.6 Å². The lowest BCUT2D eigenvalue weighted by molar-refractivity contribution is 0.0114. The minimum absolute atomic E-state index is 0.0752. The first-order chi connectivity index (χ1) is 10.3. The number of anilines is 1. The Morgan fingerprint density at radius 2 is 2.27 bits per heavy atom. The molecule has 6 nitrogen and oxygen atoms in total. The van der Waals surface area contributed by atoms with E-state index in [0.717, 1.165) is 25.8 Å². The third-order valence-electron chi connectivity index (χ3n) is 3.37. The van der Waals surface area contributed by atoms with Crippen molar-refractivity contribution in [2.75, 3.05) is 18.4 Å². The first kappa shape index (κ1) is 16.8. The molecule has 1 unspecified atom stereocenters. The zero-order chi connectivity index (χ0) is 16.2. The Hall–Kier alpha value is -1.56. The molecule has 1 amide bonds. The van der Waals surface area contributed by atoms with Crippen molar-refractivity contribution in [1.82, 2.24) is 14.9 Å². The highest BCUT2D eigenvalue weighted by Crippen LogP contribution is 2.20. The molecule has 2 rings (SSSR count). The number of carbonyl (C=O) groups is 1. The van der Waals surface area contributed by atoms with E-state index in [1.54, 1.807) is 17.2 Å². The number of ether oxygens (including phenoxy) is 1. The van der Waals surface area contributed by atoms with E-state index in [1.807, 2.05) is 20.8 Å². The van der Waals surface area contributed by atoms with Crippen molar-refractivity contribution < 1.29 is 9.53 Å². The minimum Gasteiger partial charge on any atom is -0.444 e. The molecule has 1 aromatic rings. The predicted octanol–water partition coefficient (Wildman–Crippen LogP) is 3.33. The van der Waals surface area contributed by atoms with Crippen molar-refractivity contribution in [2.24, 2.45) is 0 Å². The Kier molecular flexibility index (Phi) is 5.45. The largest absolute Gasteiger partial charge is 0.444 e. The van der Waals surface area contributed by atoms with Crippen molar-refractivity contribution in [3.8, 4) is 0 Å². The van der Waals surface area contributed by atoms with Crippen LogP contribution in [0.5, 0.6) is 0 Å². The Morgan fingerprint density at radius 3 is 2.95 bits per heavy atom. The van der Waals surface area contributed by atoms with Gasteiger partial charge in [0, 0.05) is 19.3 Å². The first-order valence-corrected chi connectivity index (χ1v) is 7.95. The summed E-state index contributed by atoms with van der Waals surface area (Å²) in [6.07, 6.45) is 4.38. The number of carbonyl (C=O) groups excluding carboxylic acids is 1. The summed E-state index contributed by atoms with van der Waals surface area (Å²) in [5.74, 6) is 0.474. The molecule has 0 spiro atoms. The highest BCUT2D eigenvalue weighted by atomic mass is 35.5. The van der Waals surface area contributed by atoms with Crippen LogP contribution in [0.1, 0.15) is 40.0 Å². The monoisotopic (exact) mass is 326 g/mol. The summed E-state index contributed by atoms with van der Waals surface area (Å²) in [6.45, 7) is 6.93. The van der Waals surface area contributed by atoms with Crippen LogP contribution in [-0.2, 0) is 4.74 Å². The van der Waals surface area contributed by atoms with Gasteiger partial charge >= 0.3 is 6.09 Å². The van der Waals surface area contributed by atoms with E-state index in [2.05, 4.69) is 15.3 Å². The maximum absolute atomic E-state index is 12.3. The third kappa shape index (κ3) is 5.02. The molecule has 22 heavy (non-hydrogen) atoms. The van der Waals surface area contributed by atoms with E-state index in [0.29, 0.717) is 17.6 Å². The zero-order valence-electron chi connectivity index (χ0n) is 13.3. The fourth-order valence-electron chi connectivity index (χ4n) is 2.40. The van der Waals surface area contributed by atoms with E-state index in [1.165, 1.54) is 0 Å². The van der Waals surface area contributed by atoms with Gasteiger partial charge in [-0.2, -0.15) is 0 Å². The molecule has 1 aliphatic rings. The molecule has 1 N–H and O–H groups in total. The average Bonchev–Trinajstić information content (AvgIpc) is 2.44. The lowest BCUT2D eigenvalue weighted by atomic mass is 10.0. The van der Waals surface area contributed by atoms with Crippen LogP contribution in [0.4, 0.5) is 10.7 Å². The fraction of sp³-hybridized carbons (Fsp3) is 0.667. The third-order valence-corrected chi connectivity index (χ3v) is 3.58. The lowest BCUT2D eigenvalue weighted by Gasteiger charge is -2.36. The van der Waals surface area contributed by atoms with Crippen LogP contribution in [0, 0.1) is 0 Å². The number of amides is 1. The first-order valence-electron chi connectivity index (χ1n) is 7.57. The standard InChI is InChI=1S/C15H23ClN4O2/c1-15(2,3)22-14(21)20-9-5-4-6-11(20)10-18-13-17-8-7-12(16)19-13/h7-8,11H,4-6,9-10H2,1-3H3,(H,17,18,19). The summed E-state index contributed by atoms with van der Waals surface area (Å²) in [5.41, 5.74) is -0.484. The van der Waals surface area contributed by atoms with Crippen molar-refractivity contribution in [1.29, 1.82) is 0 Å². The fourth-order valence-corrected chi connectivity index (χ4v) is 2.54. The van der Waals surface area contributed by atoms with Gasteiger partial charge in [-0.1, -0.05) is 11.6 Å². The second-order valence-electron chi connectivity index (χ2n) is 6.41. The molecular formula is C15H23ClN4O2. The van der Waals surface area contributed by atoms with Crippen molar-refractivity contribution in [3.63, 3.8) is 0 Å². The van der Waals surface area contributed by atoms with Crippen LogP contribution in [-0.4, -0.2) is 45.7 Å². The summed E-state index contributed by atoms with van der Waals surface area (Å²) < 4.78 is 5.49. The summed E-state index contributed by atoms with van der Waals surface area (Å²) in [4.78, 5) is 22.3. The van der Waals surface area contributed by atoms with Gasteiger partial charge in [-0.15, -0.1) is 0 Å². The van der Waals surface area contributed by atoms with E-state index in [-0.39, 0.29) is 12.1 Å². The minimum atomic E-state index is -0.484. The summed E-state index contributed by atoms with van der Waals surface area (Å²) >= 11 is 5.84. The van der Waals surface area contributed by atoms with Crippen LogP contribution in [0.15, 0.2) is 12.3 Å². The van der Waals surface area contributed by atoms with Gasteiger partial charge in [0.15, 0.2) is 0 Å². The second-order valence-corrected chi connectivity index (χ2v) is 6.79. The average molecular weight is 327 g/mol. The van der Waals surface area contributed by atoms with Gasteiger partial charge in [0.25, 0.3) is 0 Å². The van der Waals surface area contributed by atoms with Gasteiger partial charge < -0.3 is 15.0 Å². The number of hydrogen-bond acceptors (Lipinski definition) is 5. The van der Waals surface area contributed by atoms with Gasteiger partial charge in [0.2, 0.25) is 5.95 Å². The Balaban J connectivity index is 1.96. The maximum Gasteiger partial charge on any atom is 0.410 e. The van der Waals surface area contributed by atoms with Crippen LogP contribution in [0.25, 0.3) is 0 Å². The molecule has 1 fully saturated rings. The second kappa shape index (κ2) is 7.13. The molecule has 1 aliphatic heterocycles. The van der Waals surface area contributed by atoms with E-state index >= 15 is 0 Å². The molecule has 1 saturated heterocycles. The number of aromatic nitrogens is 2. The SMILES string of the molecule is CC(C)(C)OC(=O)N1CCCCC1CNc1nccc(Cl)n1. The number of likely N-dealkylation sites (tertiary alicyclic amines) is 1. The number of hydrogen-bond donors (Lipinski definition) is 1. The van der Waals surface area contributed by atoms with Crippen molar-refractivity contribution in [3.05, 3.63) is 17.4 Å². The van der Waals surface area contributed by atoms with Gasteiger partial charge in [-0.05, 0) is 46.1 Å². The molecule has 1 atom stereocenters. The molecule has 0 bridgehead atoms. The predicted molar refractivity (Wildman–Crippen MR) is 86.1 cm³/mol. The number of halogens is 1. The zero-order valence-corrected chi connectivity index (χ0v) is 14.1. The van der Waals surface area contributed by atoms with Gasteiger partial charge in [0.1, 0.15) is 10.8 Å². The normalized spacial score (nSPS) is 18.9. The number of rotatable bonds is 3. The molecule has 2 heterocycles. The molecular weight excluding hydrogens is 304 g/mol. The van der Waals surface area contributed by atoms with Crippen LogP contribution in [0.2, 0.25) is 5.15 Å². The van der Waals surface area contributed by atoms with E-state index in [4.69, 9.17) is 16.3 Å². The van der Waals surface area contributed by atoms with E-state index in [9.17, 15) is 4.79 Å². The highest BCUT2D eigenvalue weighted by molar-refractivity contribution is 6.29. The topological polar surface area (TPSA) is 67.3 Å². The number of piperidine rings is 1. The molecule has 0 aliphatic carbocycles. The Bertz CT molecular complexity index is 519. The molecule has 0 radical (unpaired) electrons. The Morgan fingerprint density at radius 1 is 1.50 bits per heavy atom. The molecule has 1 aromatic heterocycles. The molecule has 0 aromatic carbocycles. The summed E-state index contributed by atoms with van der Waals surface area (Å²) in [7, 11) is 0. The number of nitrogens with zero attached hydrogens (tertiary/aromatic N) is 3. The molecule has 7 heteroatoms. The quantitative estimate of drug-likeness (QED) is 0.863. The maximum atomic E-state index is 12.3. The molecule has 0 saturated carbocycles. The van der Waals surface area contributed by atoms with Crippen LogP contribution < -0.4 is 5.32 Å². The van der Waals surface area contributed by atoms with Gasteiger partial charge in [-0.3, -0.25) is 0 Å². The Labute approximate surface area is 136 Å². The lowest BCUT2D eigenvalue weighted by Crippen LogP contribution is -2.49. The van der Waals surface area contributed by atoms with E-state index < -0.39 is 5.60 Å².